The van der Waals surface area contributed by atoms with Gasteiger partial charge in [0.2, 0.25) is 0 Å². The first-order chi connectivity index (χ1) is 16.9. The number of carboxylic acids is 1. The highest BCUT2D eigenvalue weighted by molar-refractivity contribution is 5.80. The van der Waals surface area contributed by atoms with Gasteiger partial charge in [-0.15, -0.1) is 0 Å². The van der Waals surface area contributed by atoms with Crippen LogP contribution >= 0.6 is 0 Å². The second-order valence-corrected chi connectivity index (χ2v) is 8.46. The fraction of sp³-hybridized carbons (Fsp3) is 0.259. The minimum absolute atomic E-state index is 0.316. The smallest absolute Gasteiger partial charge is 0.323 e. The molecule has 1 heterocycles. The molecule has 4 rings (SSSR count). The molecule has 0 saturated heterocycles. The van der Waals surface area contributed by atoms with E-state index < -0.39 is 24.8 Å². The first kappa shape index (κ1) is 24.1. The molecule has 0 spiro atoms. The molecule has 0 fully saturated rings. The van der Waals surface area contributed by atoms with E-state index in [0.717, 1.165) is 33.7 Å². The van der Waals surface area contributed by atoms with Gasteiger partial charge < -0.3 is 30.1 Å². The summed E-state index contributed by atoms with van der Waals surface area (Å²) in [6.45, 7) is 2.97. The van der Waals surface area contributed by atoms with Crippen molar-refractivity contribution in [2.75, 3.05) is 24.5 Å². The highest BCUT2D eigenvalue weighted by atomic mass is 16.5. The van der Waals surface area contributed by atoms with Gasteiger partial charge in [-0.1, -0.05) is 54.6 Å². The van der Waals surface area contributed by atoms with Gasteiger partial charge in [-0.2, -0.15) is 0 Å². The maximum absolute atomic E-state index is 12.5. The van der Waals surface area contributed by atoms with Gasteiger partial charge in [0.1, 0.15) is 18.9 Å². The Hall–Kier alpha value is -4.04. The summed E-state index contributed by atoms with van der Waals surface area (Å²) in [5.74, 6) is -0.378. The van der Waals surface area contributed by atoms with Crippen LogP contribution < -0.4 is 15.0 Å². The minimum Gasteiger partial charge on any atom is -0.489 e. The summed E-state index contributed by atoms with van der Waals surface area (Å²) in [5.41, 5.74) is 4.41. The predicted octanol–water partition coefficient (Wildman–Crippen LogP) is 3.68. The van der Waals surface area contributed by atoms with Gasteiger partial charge in [-0.05, 0) is 41.8 Å². The first-order valence-corrected chi connectivity index (χ1v) is 11.5. The fourth-order valence-electron chi connectivity index (χ4n) is 4.19. The van der Waals surface area contributed by atoms with E-state index in [2.05, 4.69) is 5.32 Å². The number of aliphatic hydroxyl groups is 1. The van der Waals surface area contributed by atoms with Crippen LogP contribution in [0.1, 0.15) is 28.5 Å². The molecule has 2 amide bonds. The van der Waals surface area contributed by atoms with Crippen molar-refractivity contribution in [1.82, 2.24) is 10.2 Å². The Kier molecular flexibility index (Phi) is 7.52. The third kappa shape index (κ3) is 5.91. The van der Waals surface area contributed by atoms with E-state index in [1.165, 1.54) is 0 Å². The Bertz CT molecular complexity index is 1180. The van der Waals surface area contributed by atoms with Crippen LogP contribution in [0.25, 0.3) is 0 Å². The van der Waals surface area contributed by atoms with Crippen LogP contribution in [0.5, 0.6) is 5.75 Å². The summed E-state index contributed by atoms with van der Waals surface area (Å²) in [6.07, 6.45) is -0.929. The van der Waals surface area contributed by atoms with E-state index in [1.807, 2.05) is 84.6 Å². The lowest BCUT2D eigenvalue weighted by Crippen LogP contribution is -2.43. The highest BCUT2D eigenvalue weighted by Crippen LogP contribution is 2.33. The SMILES string of the molecule is Cc1cc(OCc2ccccc2)ccc1C(O)N1CCN(C(=O)NCC(=O)O)Cc2ccccc21. The topological polar surface area (TPSA) is 102 Å². The monoisotopic (exact) mass is 475 g/mol. The summed E-state index contributed by atoms with van der Waals surface area (Å²) in [6, 6.07) is 22.7. The lowest BCUT2D eigenvalue weighted by atomic mass is 10.0. The lowest BCUT2D eigenvalue weighted by molar-refractivity contribution is -0.135. The maximum atomic E-state index is 12.5. The number of ether oxygens (including phenoxy) is 1. The van der Waals surface area contributed by atoms with Crippen molar-refractivity contribution in [3.8, 4) is 5.75 Å². The molecule has 3 aromatic rings. The summed E-state index contributed by atoms with van der Waals surface area (Å²) < 4.78 is 5.92. The summed E-state index contributed by atoms with van der Waals surface area (Å²) in [4.78, 5) is 26.8. The average molecular weight is 476 g/mol. The number of nitrogens with one attached hydrogen (secondary N) is 1. The van der Waals surface area contributed by atoms with Crippen molar-refractivity contribution in [2.24, 2.45) is 0 Å². The van der Waals surface area contributed by atoms with Gasteiger partial charge >= 0.3 is 12.0 Å². The predicted molar refractivity (Wildman–Crippen MR) is 132 cm³/mol. The Morgan fingerprint density at radius 3 is 2.51 bits per heavy atom. The zero-order chi connectivity index (χ0) is 24.8. The van der Waals surface area contributed by atoms with Crippen molar-refractivity contribution in [1.29, 1.82) is 0 Å². The number of rotatable bonds is 7. The number of nitrogens with zero attached hydrogens (tertiary/aromatic N) is 2. The third-order valence-corrected chi connectivity index (χ3v) is 6.01. The van der Waals surface area contributed by atoms with E-state index >= 15 is 0 Å². The van der Waals surface area contributed by atoms with Crippen molar-refractivity contribution in [2.45, 2.75) is 26.3 Å². The van der Waals surface area contributed by atoms with Gasteiger partial charge in [-0.25, -0.2) is 4.79 Å². The van der Waals surface area contributed by atoms with E-state index in [9.17, 15) is 14.7 Å². The van der Waals surface area contributed by atoms with E-state index in [4.69, 9.17) is 9.84 Å². The molecular weight excluding hydrogens is 446 g/mol. The molecule has 8 heteroatoms. The van der Waals surface area contributed by atoms with Gasteiger partial charge in [-0.3, -0.25) is 4.79 Å². The number of carbonyl (C=O) groups is 2. The zero-order valence-corrected chi connectivity index (χ0v) is 19.6. The van der Waals surface area contributed by atoms with Gasteiger partial charge in [0, 0.05) is 30.9 Å². The molecule has 0 bridgehead atoms. The number of hydrogen-bond acceptors (Lipinski definition) is 5. The quantitative estimate of drug-likeness (QED) is 0.482. The number of anilines is 1. The molecule has 0 aliphatic carbocycles. The van der Waals surface area contributed by atoms with Crippen LogP contribution in [0.3, 0.4) is 0 Å². The highest BCUT2D eigenvalue weighted by Gasteiger charge is 2.28. The molecule has 1 atom stereocenters. The molecule has 0 radical (unpaired) electrons. The van der Waals surface area contributed by atoms with Crippen molar-refractivity contribution in [3.63, 3.8) is 0 Å². The number of carbonyl (C=O) groups excluding carboxylic acids is 1. The normalized spacial score (nSPS) is 14.0. The number of benzene rings is 3. The standard InChI is InChI=1S/C27H29N3O5/c1-19-15-22(35-18-20-7-3-2-4-8-20)11-12-23(19)26(33)30-14-13-29(27(34)28-16-25(31)32)17-21-9-5-6-10-24(21)30/h2-12,15,26,33H,13-14,16-18H2,1H3,(H,28,34)(H,31,32). The second kappa shape index (κ2) is 10.9. The molecule has 3 aromatic carbocycles. The molecular formula is C27H29N3O5. The lowest BCUT2D eigenvalue weighted by Gasteiger charge is -2.31. The largest absolute Gasteiger partial charge is 0.489 e. The van der Waals surface area contributed by atoms with Crippen molar-refractivity contribution in [3.05, 3.63) is 95.1 Å². The fourth-order valence-corrected chi connectivity index (χ4v) is 4.19. The number of para-hydroxylation sites is 1. The zero-order valence-electron chi connectivity index (χ0n) is 19.6. The van der Waals surface area contributed by atoms with Crippen LogP contribution in [0.2, 0.25) is 0 Å². The molecule has 3 N–H and O–H groups in total. The molecule has 35 heavy (non-hydrogen) atoms. The first-order valence-electron chi connectivity index (χ1n) is 11.5. The van der Waals surface area contributed by atoms with Gasteiger partial charge in [0.05, 0.1) is 0 Å². The minimum atomic E-state index is -1.10. The number of aliphatic carboxylic acids is 1. The van der Waals surface area contributed by atoms with Crippen LogP contribution in [0.4, 0.5) is 10.5 Å². The number of carboxylic acid groups (broad SMARTS) is 1. The molecule has 182 valence electrons. The molecule has 0 aromatic heterocycles. The number of amides is 2. The van der Waals surface area contributed by atoms with E-state index in [0.29, 0.717) is 26.2 Å². The number of hydrogen-bond donors (Lipinski definition) is 3. The Balaban J connectivity index is 1.51. The van der Waals surface area contributed by atoms with Crippen LogP contribution in [-0.4, -0.2) is 46.7 Å². The second-order valence-electron chi connectivity index (χ2n) is 8.46. The summed E-state index contributed by atoms with van der Waals surface area (Å²) in [5, 5.41) is 22.7. The Morgan fingerprint density at radius 2 is 1.77 bits per heavy atom. The molecule has 0 saturated carbocycles. The number of fused-ring (bicyclic) bond motifs is 1. The van der Waals surface area contributed by atoms with Crippen molar-refractivity contribution >= 4 is 17.7 Å². The van der Waals surface area contributed by atoms with Gasteiger partial charge in [0.15, 0.2) is 6.23 Å². The molecule has 1 unspecified atom stereocenters. The summed E-state index contributed by atoms with van der Waals surface area (Å²) >= 11 is 0. The van der Waals surface area contributed by atoms with Crippen LogP contribution in [-0.2, 0) is 17.9 Å². The van der Waals surface area contributed by atoms with Crippen LogP contribution in [0, 0.1) is 6.92 Å². The third-order valence-electron chi connectivity index (χ3n) is 6.01. The van der Waals surface area contributed by atoms with E-state index in [1.54, 1.807) is 4.90 Å². The number of aryl methyl sites for hydroxylation is 1. The molecule has 1 aliphatic rings. The number of aliphatic hydroxyl groups excluding tert-OH is 1. The Morgan fingerprint density at radius 1 is 1.03 bits per heavy atom. The number of urea groups is 1. The van der Waals surface area contributed by atoms with Crippen molar-refractivity contribution < 1.29 is 24.5 Å². The molecule has 8 nitrogen and oxygen atoms in total. The van der Waals surface area contributed by atoms with E-state index in [-0.39, 0.29) is 0 Å². The van der Waals surface area contributed by atoms with Gasteiger partial charge in [0.25, 0.3) is 0 Å². The van der Waals surface area contributed by atoms with Crippen LogP contribution in [0.15, 0.2) is 72.8 Å². The summed E-state index contributed by atoms with van der Waals surface area (Å²) in [7, 11) is 0. The average Bonchev–Trinajstić information content (AvgIpc) is 3.06. The maximum Gasteiger partial charge on any atom is 0.323 e. The Labute approximate surface area is 204 Å². The molecule has 1 aliphatic heterocycles.